The molecule has 0 aliphatic carbocycles. The van der Waals surface area contributed by atoms with Gasteiger partial charge in [0.15, 0.2) is 6.10 Å². The molecule has 0 spiro atoms. The molecule has 0 amide bonds. The molecular formula is C76H132O6. The minimum absolute atomic E-state index is 0.0857. The lowest BCUT2D eigenvalue weighted by atomic mass is 10.0. The highest BCUT2D eigenvalue weighted by Crippen LogP contribution is 2.18. The van der Waals surface area contributed by atoms with Gasteiger partial charge in [-0.15, -0.1) is 0 Å². The van der Waals surface area contributed by atoms with Crippen LogP contribution in [0.5, 0.6) is 0 Å². The van der Waals surface area contributed by atoms with E-state index < -0.39 is 6.10 Å². The standard InChI is InChI=1S/C76H132O6/c1-4-7-10-13-16-19-22-25-27-29-31-33-35-37-38-39-41-42-44-46-48-51-54-57-60-63-66-69-75(78)81-72-73(71-80-74(77)68-65-62-59-56-53-50-24-21-18-15-12-9-6-3)82-76(79)70-67-64-61-58-55-52-49-47-45-43-40-36-34-32-30-28-26-23-20-17-14-11-8-5-2/h7,9-10,12,16,18-19,21,25,27,31,33,37-38,50,53,73H,4-6,8,11,13-15,17,20,22-24,26,28-30,32,34-36,39-49,51-52,54-72H2,1-3H3/b10-7-,12-9-,19-16-,21-18-,27-25-,33-31-,38-37-,53-50-. The molecule has 0 bridgehead atoms. The van der Waals surface area contributed by atoms with Crippen LogP contribution in [0.25, 0.3) is 0 Å². The minimum atomic E-state index is -0.791. The summed E-state index contributed by atoms with van der Waals surface area (Å²) < 4.78 is 17.0. The van der Waals surface area contributed by atoms with Crippen molar-refractivity contribution in [3.8, 4) is 0 Å². The van der Waals surface area contributed by atoms with Crippen molar-refractivity contribution in [3.05, 3.63) is 97.2 Å². The molecule has 1 unspecified atom stereocenters. The first kappa shape index (κ1) is 78.3. The zero-order valence-corrected chi connectivity index (χ0v) is 54.2. The van der Waals surface area contributed by atoms with Crippen LogP contribution in [0, 0.1) is 0 Å². The first-order chi connectivity index (χ1) is 40.5. The van der Waals surface area contributed by atoms with Crippen molar-refractivity contribution in [2.75, 3.05) is 13.2 Å². The van der Waals surface area contributed by atoms with E-state index >= 15 is 0 Å². The maximum atomic E-state index is 13.0. The SMILES string of the molecule is CC/C=C\C/C=C\C/C=C\C/C=C\C/C=C\CCCCCCCCCCCCCC(=O)OCC(COC(=O)CCCCC/C=C\C/C=C\C/C=C\CC)OC(=O)CCCCCCCCCCCCCCCCCCCCCCCCCC. The van der Waals surface area contributed by atoms with Crippen LogP contribution in [0.3, 0.4) is 0 Å². The van der Waals surface area contributed by atoms with Crippen LogP contribution in [0.15, 0.2) is 97.2 Å². The van der Waals surface area contributed by atoms with Crippen molar-refractivity contribution in [1.29, 1.82) is 0 Å². The van der Waals surface area contributed by atoms with Crippen molar-refractivity contribution in [2.45, 2.75) is 354 Å². The third kappa shape index (κ3) is 67.1. The maximum absolute atomic E-state index is 13.0. The number of hydrogen-bond acceptors (Lipinski definition) is 6. The molecule has 6 nitrogen and oxygen atoms in total. The van der Waals surface area contributed by atoms with Crippen LogP contribution < -0.4 is 0 Å². The third-order valence-corrected chi connectivity index (χ3v) is 15.3. The molecule has 0 aromatic rings. The summed E-state index contributed by atoms with van der Waals surface area (Å²) in [4.78, 5) is 38.4. The molecule has 0 aromatic heterocycles. The van der Waals surface area contributed by atoms with Crippen molar-refractivity contribution in [1.82, 2.24) is 0 Å². The van der Waals surface area contributed by atoms with E-state index in [0.717, 1.165) is 116 Å². The number of hydrogen-bond donors (Lipinski definition) is 0. The average molecular weight is 1140 g/mol. The van der Waals surface area contributed by atoms with Gasteiger partial charge in [-0.2, -0.15) is 0 Å². The molecule has 0 rings (SSSR count). The summed E-state index contributed by atoms with van der Waals surface area (Å²) in [7, 11) is 0. The number of carbonyl (C=O) groups excluding carboxylic acids is 3. The van der Waals surface area contributed by atoms with E-state index in [-0.39, 0.29) is 31.1 Å². The lowest BCUT2D eigenvalue weighted by Crippen LogP contribution is -2.30. The quantitative estimate of drug-likeness (QED) is 0.0261. The van der Waals surface area contributed by atoms with Gasteiger partial charge in [0.2, 0.25) is 0 Å². The highest BCUT2D eigenvalue weighted by atomic mass is 16.6. The summed E-state index contributed by atoms with van der Waals surface area (Å²) in [5.41, 5.74) is 0. The molecule has 0 heterocycles. The largest absolute Gasteiger partial charge is 0.462 e. The number of allylic oxidation sites excluding steroid dienone is 16. The fourth-order valence-electron chi connectivity index (χ4n) is 10.1. The van der Waals surface area contributed by atoms with E-state index in [1.165, 1.54) is 193 Å². The van der Waals surface area contributed by atoms with Gasteiger partial charge in [0.25, 0.3) is 0 Å². The van der Waals surface area contributed by atoms with Crippen LogP contribution in [-0.2, 0) is 28.6 Å². The summed E-state index contributed by atoms with van der Waals surface area (Å²) in [5.74, 6) is -0.902. The fraction of sp³-hybridized carbons (Fsp3) is 0.750. The van der Waals surface area contributed by atoms with Gasteiger partial charge in [-0.05, 0) is 96.3 Å². The Morgan fingerprint density at radius 3 is 0.756 bits per heavy atom. The Hall–Kier alpha value is -3.67. The third-order valence-electron chi connectivity index (χ3n) is 15.3. The van der Waals surface area contributed by atoms with E-state index in [1.54, 1.807) is 0 Å². The van der Waals surface area contributed by atoms with Gasteiger partial charge in [-0.3, -0.25) is 14.4 Å². The maximum Gasteiger partial charge on any atom is 0.306 e. The molecule has 82 heavy (non-hydrogen) atoms. The Labute approximate surface area is 508 Å². The first-order valence-corrected chi connectivity index (χ1v) is 35.2. The van der Waals surface area contributed by atoms with E-state index in [1.807, 2.05) is 0 Å². The van der Waals surface area contributed by atoms with Gasteiger partial charge in [0.1, 0.15) is 13.2 Å². The summed E-state index contributed by atoms with van der Waals surface area (Å²) >= 11 is 0. The molecule has 0 saturated carbocycles. The van der Waals surface area contributed by atoms with Crippen LogP contribution in [0.4, 0.5) is 0 Å². The lowest BCUT2D eigenvalue weighted by molar-refractivity contribution is -0.167. The molecule has 0 radical (unpaired) electrons. The molecule has 0 saturated heterocycles. The Morgan fingerprint density at radius 1 is 0.256 bits per heavy atom. The van der Waals surface area contributed by atoms with Gasteiger partial charge in [0.05, 0.1) is 0 Å². The minimum Gasteiger partial charge on any atom is -0.462 e. The summed E-state index contributed by atoms with van der Waals surface area (Å²) in [6, 6.07) is 0. The molecule has 0 aliphatic heterocycles. The normalized spacial score (nSPS) is 12.7. The van der Waals surface area contributed by atoms with Crippen molar-refractivity contribution in [3.63, 3.8) is 0 Å². The highest BCUT2D eigenvalue weighted by Gasteiger charge is 2.19. The number of carbonyl (C=O) groups is 3. The Morgan fingerprint density at radius 2 is 0.476 bits per heavy atom. The molecule has 0 aromatic carbocycles. The van der Waals surface area contributed by atoms with Crippen molar-refractivity contribution in [2.24, 2.45) is 0 Å². The second-order valence-electron chi connectivity index (χ2n) is 23.4. The van der Waals surface area contributed by atoms with Crippen LogP contribution >= 0.6 is 0 Å². The number of esters is 3. The Balaban J connectivity index is 4.27. The molecule has 0 aliphatic rings. The van der Waals surface area contributed by atoms with Crippen LogP contribution in [0.1, 0.15) is 348 Å². The second kappa shape index (κ2) is 69.8. The highest BCUT2D eigenvalue weighted by molar-refractivity contribution is 5.71. The summed E-state index contributed by atoms with van der Waals surface area (Å²) in [6.07, 6.45) is 94.4. The monoisotopic (exact) mass is 1140 g/mol. The van der Waals surface area contributed by atoms with Crippen molar-refractivity contribution >= 4 is 17.9 Å². The molecule has 0 N–H and O–H groups in total. The Kier molecular flexibility index (Phi) is 66.7. The molecule has 0 fully saturated rings. The first-order valence-electron chi connectivity index (χ1n) is 35.2. The Bertz CT molecular complexity index is 1590. The summed E-state index contributed by atoms with van der Waals surface area (Å²) in [6.45, 7) is 6.43. The van der Waals surface area contributed by atoms with E-state index in [9.17, 15) is 14.4 Å². The number of rotatable bonds is 64. The van der Waals surface area contributed by atoms with Crippen LogP contribution in [-0.4, -0.2) is 37.2 Å². The van der Waals surface area contributed by atoms with Gasteiger partial charge in [-0.1, -0.05) is 330 Å². The van der Waals surface area contributed by atoms with E-state index in [0.29, 0.717) is 19.3 Å². The zero-order valence-electron chi connectivity index (χ0n) is 54.2. The topological polar surface area (TPSA) is 78.9 Å². The van der Waals surface area contributed by atoms with E-state index in [2.05, 4.69) is 118 Å². The predicted octanol–water partition coefficient (Wildman–Crippen LogP) is 24.4. The van der Waals surface area contributed by atoms with Crippen molar-refractivity contribution < 1.29 is 28.6 Å². The molecular weight excluding hydrogens is 1010 g/mol. The molecule has 472 valence electrons. The smallest absolute Gasteiger partial charge is 0.306 e. The molecule has 1 atom stereocenters. The van der Waals surface area contributed by atoms with Gasteiger partial charge < -0.3 is 14.2 Å². The number of unbranched alkanes of at least 4 members (excludes halogenated alkanes) is 37. The molecule has 6 heteroatoms. The second-order valence-corrected chi connectivity index (χ2v) is 23.4. The fourth-order valence-corrected chi connectivity index (χ4v) is 10.1. The van der Waals surface area contributed by atoms with Gasteiger partial charge in [0, 0.05) is 19.3 Å². The van der Waals surface area contributed by atoms with Gasteiger partial charge >= 0.3 is 17.9 Å². The summed E-state index contributed by atoms with van der Waals surface area (Å²) in [5, 5.41) is 0. The lowest BCUT2D eigenvalue weighted by Gasteiger charge is -2.18. The van der Waals surface area contributed by atoms with E-state index in [4.69, 9.17) is 14.2 Å². The number of ether oxygens (including phenoxy) is 3. The van der Waals surface area contributed by atoms with Gasteiger partial charge in [-0.25, -0.2) is 0 Å². The van der Waals surface area contributed by atoms with Crippen LogP contribution in [0.2, 0.25) is 0 Å². The zero-order chi connectivity index (χ0) is 59.2. The average Bonchev–Trinajstić information content (AvgIpc) is 3.47. The predicted molar refractivity (Wildman–Crippen MR) is 357 cm³/mol.